The van der Waals surface area contributed by atoms with Gasteiger partial charge in [0.15, 0.2) is 0 Å². The molecule has 0 aromatic rings. The van der Waals surface area contributed by atoms with E-state index in [4.69, 9.17) is 5.73 Å². The number of carbonyl (C=O) groups is 1. The van der Waals surface area contributed by atoms with Crippen LogP contribution in [-0.4, -0.2) is 49.2 Å². The summed E-state index contributed by atoms with van der Waals surface area (Å²) < 4.78 is 36.4. The van der Waals surface area contributed by atoms with Crippen LogP contribution in [0.2, 0.25) is 0 Å². The molecule has 0 radical (unpaired) electrons. The fourth-order valence-electron chi connectivity index (χ4n) is 1.94. The number of alkyl halides is 3. The molecule has 120 valence electrons. The van der Waals surface area contributed by atoms with Crippen molar-refractivity contribution in [3.8, 4) is 0 Å². The van der Waals surface area contributed by atoms with E-state index in [-0.39, 0.29) is 0 Å². The van der Waals surface area contributed by atoms with Crippen LogP contribution in [0.25, 0.3) is 0 Å². The van der Waals surface area contributed by atoms with E-state index < -0.39 is 24.2 Å². The van der Waals surface area contributed by atoms with Gasteiger partial charge in [0.25, 0.3) is 0 Å². The molecule has 0 aliphatic rings. The Morgan fingerprint density at radius 3 is 2.35 bits per heavy atom. The van der Waals surface area contributed by atoms with Crippen LogP contribution in [0.5, 0.6) is 0 Å². The summed E-state index contributed by atoms with van der Waals surface area (Å²) in [4.78, 5) is 12.7. The van der Waals surface area contributed by atoms with E-state index in [1.807, 2.05) is 6.92 Å². The number of nitrogens with zero attached hydrogens (tertiary/aromatic N) is 1. The summed E-state index contributed by atoms with van der Waals surface area (Å²) in [7, 11) is 1.44. The molecule has 0 spiro atoms. The molecule has 0 fully saturated rings. The number of primary amides is 1. The third-order valence-corrected chi connectivity index (χ3v) is 3.22. The summed E-state index contributed by atoms with van der Waals surface area (Å²) in [5.74, 6) is -0.422. The summed E-state index contributed by atoms with van der Waals surface area (Å²) in [6.07, 6.45) is -1.50. The van der Waals surface area contributed by atoms with Crippen molar-refractivity contribution in [1.29, 1.82) is 0 Å². The van der Waals surface area contributed by atoms with Gasteiger partial charge in [0, 0.05) is 0 Å². The molecular formula is C13H26F3N3O. The third-order valence-electron chi connectivity index (χ3n) is 3.22. The number of hydrogen-bond donors (Lipinski definition) is 2. The summed E-state index contributed by atoms with van der Waals surface area (Å²) >= 11 is 0. The van der Waals surface area contributed by atoms with E-state index >= 15 is 0 Å². The average Bonchev–Trinajstić information content (AvgIpc) is 2.29. The summed E-state index contributed by atoms with van der Waals surface area (Å²) in [5, 5.41) is 3.10. The molecule has 20 heavy (non-hydrogen) atoms. The highest BCUT2D eigenvalue weighted by atomic mass is 19.4. The van der Waals surface area contributed by atoms with E-state index in [2.05, 4.69) is 5.32 Å². The van der Waals surface area contributed by atoms with Crippen LogP contribution in [0, 0.1) is 0 Å². The molecular weight excluding hydrogens is 271 g/mol. The van der Waals surface area contributed by atoms with Crippen molar-refractivity contribution in [3.05, 3.63) is 0 Å². The molecule has 0 aliphatic carbocycles. The van der Waals surface area contributed by atoms with Gasteiger partial charge in [-0.1, -0.05) is 6.92 Å². The Hall–Kier alpha value is -0.820. The molecule has 0 bridgehead atoms. The van der Waals surface area contributed by atoms with Crippen molar-refractivity contribution in [3.63, 3.8) is 0 Å². The zero-order valence-corrected chi connectivity index (χ0v) is 12.5. The highest BCUT2D eigenvalue weighted by molar-refractivity contribution is 5.84. The van der Waals surface area contributed by atoms with Gasteiger partial charge in [-0.15, -0.1) is 0 Å². The largest absolute Gasteiger partial charge is 0.401 e. The van der Waals surface area contributed by atoms with Gasteiger partial charge in [0.1, 0.15) is 0 Å². The van der Waals surface area contributed by atoms with Gasteiger partial charge < -0.3 is 11.1 Å². The number of carbonyl (C=O) groups excluding carboxylic acids is 1. The summed E-state index contributed by atoms with van der Waals surface area (Å²) in [5.41, 5.74) is 4.60. The lowest BCUT2D eigenvalue weighted by atomic mass is 9.93. The smallest absolute Gasteiger partial charge is 0.368 e. The van der Waals surface area contributed by atoms with Crippen molar-refractivity contribution < 1.29 is 18.0 Å². The van der Waals surface area contributed by atoms with E-state index in [9.17, 15) is 18.0 Å². The van der Waals surface area contributed by atoms with E-state index in [0.29, 0.717) is 32.4 Å². The topological polar surface area (TPSA) is 58.4 Å². The molecule has 4 nitrogen and oxygen atoms in total. The molecule has 1 unspecified atom stereocenters. The lowest BCUT2D eigenvalue weighted by Crippen LogP contribution is -2.53. The Kier molecular flexibility index (Phi) is 8.12. The fourth-order valence-corrected chi connectivity index (χ4v) is 1.94. The normalized spacial score (nSPS) is 15.3. The number of unbranched alkanes of at least 4 members (excludes halogenated alkanes) is 1. The molecule has 0 saturated heterocycles. The number of amides is 1. The molecule has 7 heteroatoms. The van der Waals surface area contributed by atoms with Crippen molar-refractivity contribution >= 4 is 5.91 Å². The van der Waals surface area contributed by atoms with Crippen molar-refractivity contribution in [2.24, 2.45) is 5.73 Å². The number of nitrogens with one attached hydrogen (secondary N) is 1. The number of rotatable bonds is 10. The van der Waals surface area contributed by atoms with Crippen molar-refractivity contribution in [1.82, 2.24) is 10.2 Å². The summed E-state index contributed by atoms with van der Waals surface area (Å²) in [6.45, 7) is 3.86. The van der Waals surface area contributed by atoms with Gasteiger partial charge in [-0.3, -0.25) is 9.69 Å². The number of hydrogen-bond acceptors (Lipinski definition) is 3. The third kappa shape index (κ3) is 8.37. The SMILES string of the molecule is CCCNC(C)(CCCCN(C)CC(F)(F)F)C(N)=O. The van der Waals surface area contributed by atoms with Crippen LogP contribution in [-0.2, 0) is 4.79 Å². The zero-order chi connectivity index (χ0) is 15.8. The Labute approximate surface area is 118 Å². The molecule has 0 aromatic carbocycles. The first-order valence-electron chi connectivity index (χ1n) is 6.91. The Morgan fingerprint density at radius 1 is 1.30 bits per heavy atom. The van der Waals surface area contributed by atoms with Crippen molar-refractivity contribution in [2.45, 2.75) is 51.2 Å². The van der Waals surface area contributed by atoms with Crippen LogP contribution in [0.3, 0.4) is 0 Å². The predicted molar refractivity (Wildman–Crippen MR) is 73.3 cm³/mol. The van der Waals surface area contributed by atoms with Gasteiger partial charge in [-0.2, -0.15) is 13.2 Å². The van der Waals surface area contributed by atoms with E-state index in [0.717, 1.165) is 6.42 Å². The van der Waals surface area contributed by atoms with Gasteiger partial charge in [-0.25, -0.2) is 0 Å². The van der Waals surface area contributed by atoms with Gasteiger partial charge in [0.2, 0.25) is 5.91 Å². The maximum absolute atomic E-state index is 12.1. The van der Waals surface area contributed by atoms with Crippen LogP contribution in [0.15, 0.2) is 0 Å². The molecule has 0 rings (SSSR count). The first-order chi connectivity index (χ1) is 9.10. The molecule has 3 N–H and O–H groups in total. The second kappa shape index (κ2) is 8.46. The first-order valence-corrected chi connectivity index (χ1v) is 6.91. The van der Waals surface area contributed by atoms with Crippen LogP contribution in [0.4, 0.5) is 13.2 Å². The van der Waals surface area contributed by atoms with Crippen LogP contribution < -0.4 is 11.1 Å². The minimum atomic E-state index is -4.17. The highest BCUT2D eigenvalue weighted by Crippen LogP contribution is 2.17. The standard InChI is InChI=1S/C13H26F3N3O/c1-4-8-18-12(2,11(17)20)7-5-6-9-19(3)10-13(14,15)16/h18H,4-10H2,1-3H3,(H2,17,20). The fraction of sp³-hybridized carbons (Fsp3) is 0.923. The van der Waals surface area contributed by atoms with Crippen LogP contribution >= 0.6 is 0 Å². The number of nitrogens with two attached hydrogens (primary N) is 1. The van der Waals surface area contributed by atoms with Gasteiger partial charge in [-0.05, 0) is 52.7 Å². The lowest BCUT2D eigenvalue weighted by molar-refractivity contribution is -0.143. The van der Waals surface area contributed by atoms with Crippen LogP contribution in [0.1, 0.15) is 39.5 Å². The maximum atomic E-state index is 12.1. The second-order valence-corrected chi connectivity index (χ2v) is 5.43. The Balaban J connectivity index is 4.04. The maximum Gasteiger partial charge on any atom is 0.401 e. The predicted octanol–water partition coefficient (Wildman–Crippen LogP) is 1.89. The average molecular weight is 297 g/mol. The van der Waals surface area contributed by atoms with Gasteiger partial charge in [0.05, 0.1) is 12.1 Å². The zero-order valence-electron chi connectivity index (χ0n) is 12.5. The monoisotopic (exact) mass is 297 g/mol. The molecule has 1 amide bonds. The molecule has 0 saturated carbocycles. The molecule has 0 aliphatic heterocycles. The molecule has 1 atom stereocenters. The lowest BCUT2D eigenvalue weighted by Gasteiger charge is -2.28. The van der Waals surface area contributed by atoms with Gasteiger partial charge >= 0.3 is 6.18 Å². The minimum absolute atomic E-state index is 0.349. The highest BCUT2D eigenvalue weighted by Gasteiger charge is 2.30. The quantitative estimate of drug-likeness (QED) is 0.605. The van der Waals surface area contributed by atoms with E-state index in [1.165, 1.54) is 11.9 Å². The summed E-state index contributed by atoms with van der Waals surface area (Å²) in [6, 6.07) is 0. The first kappa shape index (κ1) is 19.2. The molecule has 0 aromatic heterocycles. The van der Waals surface area contributed by atoms with Crippen molar-refractivity contribution in [2.75, 3.05) is 26.7 Å². The number of halogens is 3. The minimum Gasteiger partial charge on any atom is -0.368 e. The second-order valence-electron chi connectivity index (χ2n) is 5.43. The Morgan fingerprint density at radius 2 is 1.90 bits per heavy atom. The van der Waals surface area contributed by atoms with E-state index in [1.54, 1.807) is 6.92 Å². The Bertz CT molecular complexity index is 297. The molecule has 0 heterocycles.